The normalized spacial score (nSPS) is 19.3. The van der Waals surface area contributed by atoms with Crippen LogP contribution in [0.25, 0.3) is 10.9 Å². The maximum Gasteiger partial charge on any atom is 0.303 e. The summed E-state index contributed by atoms with van der Waals surface area (Å²) in [6, 6.07) is 15.8. The van der Waals surface area contributed by atoms with E-state index in [2.05, 4.69) is 41.1 Å². The highest BCUT2D eigenvalue weighted by atomic mass is 32.2. The zero-order valence-electron chi connectivity index (χ0n) is 21.0. The van der Waals surface area contributed by atoms with Gasteiger partial charge in [-0.15, -0.1) is 11.8 Å². The first-order chi connectivity index (χ1) is 17.4. The summed E-state index contributed by atoms with van der Waals surface area (Å²) in [7, 11) is 1.60. The third-order valence-electron chi connectivity index (χ3n) is 7.22. The van der Waals surface area contributed by atoms with Gasteiger partial charge in [0.15, 0.2) is 0 Å². The van der Waals surface area contributed by atoms with E-state index in [1.165, 1.54) is 10.5 Å². The van der Waals surface area contributed by atoms with Crippen molar-refractivity contribution in [2.24, 2.45) is 11.8 Å². The summed E-state index contributed by atoms with van der Waals surface area (Å²) in [6.45, 7) is 4.71. The molecule has 1 saturated heterocycles. The first-order valence-corrected chi connectivity index (χ1v) is 13.6. The van der Waals surface area contributed by atoms with Crippen molar-refractivity contribution in [3.63, 3.8) is 0 Å². The van der Waals surface area contributed by atoms with Crippen molar-refractivity contribution < 1.29 is 19.0 Å². The van der Waals surface area contributed by atoms with Crippen LogP contribution in [0.3, 0.4) is 0 Å². The lowest BCUT2D eigenvalue weighted by atomic mass is 9.79. The monoisotopic (exact) mass is 510 g/mol. The number of piperidine rings is 1. The molecule has 0 spiro atoms. The van der Waals surface area contributed by atoms with Gasteiger partial charge >= 0.3 is 5.97 Å². The van der Waals surface area contributed by atoms with Gasteiger partial charge in [-0.1, -0.05) is 17.7 Å². The van der Waals surface area contributed by atoms with Crippen LogP contribution in [0.15, 0.2) is 59.6 Å². The SMILES string of the molecule is COc1ccc2nccc(C(F)CC[C@@H]3CCN(CCSc4ccc(C)cc4)C[C@@H]3CC(=O)O)c2c1. The number of aryl methyl sites for hydroxylation is 1. The molecule has 7 heteroatoms. The van der Waals surface area contributed by atoms with Crippen LogP contribution in [0.2, 0.25) is 0 Å². The van der Waals surface area contributed by atoms with Gasteiger partial charge in [0, 0.05) is 41.7 Å². The number of carboxylic acid groups (broad SMARTS) is 1. The van der Waals surface area contributed by atoms with E-state index in [-0.39, 0.29) is 18.3 Å². The Balaban J connectivity index is 1.34. The highest BCUT2D eigenvalue weighted by molar-refractivity contribution is 7.99. The van der Waals surface area contributed by atoms with E-state index in [9.17, 15) is 9.90 Å². The molecular weight excluding hydrogens is 475 g/mol. The Morgan fingerprint density at radius 3 is 2.78 bits per heavy atom. The highest BCUT2D eigenvalue weighted by Gasteiger charge is 2.31. The number of rotatable bonds is 11. The molecule has 3 aromatic rings. The van der Waals surface area contributed by atoms with Crippen LogP contribution < -0.4 is 4.74 Å². The Morgan fingerprint density at radius 2 is 2.03 bits per heavy atom. The van der Waals surface area contributed by atoms with Crippen molar-refractivity contribution in [3.8, 4) is 5.75 Å². The molecule has 2 aromatic carbocycles. The zero-order chi connectivity index (χ0) is 25.5. The molecule has 1 N–H and O–H groups in total. The Morgan fingerprint density at radius 1 is 1.22 bits per heavy atom. The largest absolute Gasteiger partial charge is 0.497 e. The van der Waals surface area contributed by atoms with Gasteiger partial charge in [0.1, 0.15) is 11.9 Å². The van der Waals surface area contributed by atoms with Gasteiger partial charge in [-0.25, -0.2) is 4.39 Å². The number of carboxylic acids is 1. The van der Waals surface area contributed by atoms with Crippen LogP contribution in [0.4, 0.5) is 4.39 Å². The molecule has 3 atom stereocenters. The number of hydrogen-bond acceptors (Lipinski definition) is 5. The molecule has 1 unspecified atom stereocenters. The number of aliphatic carboxylic acids is 1. The molecular formula is C29H35FN2O3S. The average Bonchev–Trinajstić information content (AvgIpc) is 2.88. The van der Waals surface area contributed by atoms with Crippen LogP contribution in [-0.4, -0.2) is 53.5 Å². The lowest BCUT2D eigenvalue weighted by Gasteiger charge is -2.38. The van der Waals surface area contributed by atoms with E-state index in [4.69, 9.17) is 4.74 Å². The van der Waals surface area contributed by atoms with Crippen molar-refractivity contribution >= 4 is 28.6 Å². The van der Waals surface area contributed by atoms with Gasteiger partial charge in [0.2, 0.25) is 0 Å². The second kappa shape index (κ2) is 12.5. The summed E-state index contributed by atoms with van der Waals surface area (Å²) in [5, 5.41) is 10.3. The van der Waals surface area contributed by atoms with Gasteiger partial charge in [-0.2, -0.15) is 0 Å². The molecule has 0 saturated carbocycles. The van der Waals surface area contributed by atoms with E-state index in [1.54, 1.807) is 19.4 Å². The lowest BCUT2D eigenvalue weighted by molar-refractivity contribution is -0.139. The number of aromatic nitrogens is 1. The number of carbonyl (C=O) groups is 1. The standard InChI is InChI=1S/C29H35FN2O3S/c1-20-3-7-24(8-4-20)36-16-15-32-14-12-21(22(19-32)17-29(33)34)5-9-27(30)25-11-13-31-28-10-6-23(35-2)18-26(25)28/h3-4,6-8,10-11,13,18,21-22,27H,5,9,12,14-17,19H2,1-2H3,(H,33,34)/t21-,22+,27?/m1/s1. The zero-order valence-corrected chi connectivity index (χ0v) is 21.8. The van der Waals surface area contributed by atoms with Crippen LogP contribution in [0, 0.1) is 18.8 Å². The molecule has 0 amide bonds. The maximum absolute atomic E-state index is 15.5. The van der Waals surface area contributed by atoms with Crippen molar-refractivity contribution in [2.75, 3.05) is 32.5 Å². The summed E-state index contributed by atoms with van der Waals surface area (Å²) in [5.74, 6) is 1.13. The van der Waals surface area contributed by atoms with E-state index >= 15 is 4.39 Å². The first kappa shape index (κ1) is 26.4. The topological polar surface area (TPSA) is 62.7 Å². The van der Waals surface area contributed by atoms with Crippen molar-refractivity contribution in [1.29, 1.82) is 0 Å². The molecule has 1 aliphatic rings. The molecule has 2 heterocycles. The predicted molar refractivity (Wildman–Crippen MR) is 144 cm³/mol. The minimum Gasteiger partial charge on any atom is -0.497 e. The number of methoxy groups -OCH3 is 1. The van der Waals surface area contributed by atoms with Crippen molar-refractivity contribution in [1.82, 2.24) is 9.88 Å². The average molecular weight is 511 g/mol. The second-order valence-corrected chi connectivity index (χ2v) is 10.9. The van der Waals surface area contributed by atoms with Gasteiger partial charge in [0.25, 0.3) is 0 Å². The van der Waals surface area contributed by atoms with E-state index in [1.807, 2.05) is 30.0 Å². The molecule has 36 heavy (non-hydrogen) atoms. The number of hydrogen-bond donors (Lipinski definition) is 1. The van der Waals surface area contributed by atoms with Crippen LogP contribution in [-0.2, 0) is 4.79 Å². The Labute approximate surface area is 217 Å². The number of fused-ring (bicyclic) bond motifs is 1. The minimum absolute atomic E-state index is 0.0436. The quantitative estimate of drug-likeness (QED) is 0.295. The molecule has 192 valence electrons. The molecule has 1 aliphatic heterocycles. The first-order valence-electron chi connectivity index (χ1n) is 12.6. The fraction of sp³-hybridized carbons (Fsp3) is 0.448. The number of pyridine rings is 1. The number of thioether (sulfide) groups is 1. The van der Waals surface area contributed by atoms with Gasteiger partial charge in [0.05, 0.1) is 12.6 Å². The minimum atomic E-state index is -1.13. The lowest BCUT2D eigenvalue weighted by Crippen LogP contribution is -2.42. The summed E-state index contributed by atoms with van der Waals surface area (Å²) in [5.41, 5.74) is 2.63. The van der Waals surface area contributed by atoms with Gasteiger partial charge in [-0.05, 0) is 86.5 Å². The third kappa shape index (κ3) is 6.98. The van der Waals surface area contributed by atoms with E-state index < -0.39 is 12.1 Å². The van der Waals surface area contributed by atoms with Crippen LogP contribution in [0.5, 0.6) is 5.75 Å². The van der Waals surface area contributed by atoms with Crippen LogP contribution >= 0.6 is 11.8 Å². The third-order valence-corrected chi connectivity index (χ3v) is 8.21. The summed E-state index contributed by atoms with van der Waals surface area (Å²) >= 11 is 1.83. The smallest absolute Gasteiger partial charge is 0.303 e. The maximum atomic E-state index is 15.5. The number of nitrogens with zero attached hydrogens (tertiary/aromatic N) is 2. The van der Waals surface area contributed by atoms with E-state index in [0.29, 0.717) is 24.2 Å². The number of halogens is 1. The van der Waals surface area contributed by atoms with Gasteiger partial charge in [-0.3, -0.25) is 9.78 Å². The number of benzene rings is 2. The number of ether oxygens (including phenoxy) is 1. The summed E-state index contributed by atoms with van der Waals surface area (Å²) in [6.07, 6.45) is 2.62. The summed E-state index contributed by atoms with van der Waals surface area (Å²) in [4.78, 5) is 19.6. The second-order valence-electron chi connectivity index (χ2n) is 9.70. The molecule has 5 nitrogen and oxygen atoms in total. The molecule has 0 aliphatic carbocycles. The molecule has 4 rings (SSSR count). The fourth-order valence-corrected chi connectivity index (χ4v) is 6.10. The van der Waals surface area contributed by atoms with Crippen molar-refractivity contribution in [3.05, 3.63) is 65.9 Å². The molecule has 0 bridgehead atoms. The predicted octanol–water partition coefficient (Wildman–Crippen LogP) is 6.55. The Kier molecular flexibility index (Phi) is 9.21. The highest BCUT2D eigenvalue weighted by Crippen LogP contribution is 2.36. The fourth-order valence-electron chi connectivity index (χ4n) is 5.18. The van der Waals surface area contributed by atoms with Gasteiger partial charge < -0.3 is 14.7 Å². The molecule has 1 fully saturated rings. The molecule has 1 aromatic heterocycles. The Bertz CT molecular complexity index is 1160. The number of alkyl halides is 1. The Hall–Kier alpha value is -2.64. The summed E-state index contributed by atoms with van der Waals surface area (Å²) < 4.78 is 20.8. The number of likely N-dealkylation sites (tertiary alicyclic amines) is 1. The van der Waals surface area contributed by atoms with Crippen molar-refractivity contribution in [2.45, 2.75) is 43.7 Å². The van der Waals surface area contributed by atoms with E-state index in [0.717, 1.165) is 42.7 Å². The molecule has 0 radical (unpaired) electrons. The van der Waals surface area contributed by atoms with Crippen LogP contribution in [0.1, 0.15) is 43.0 Å².